The van der Waals surface area contributed by atoms with Crippen LogP contribution in [0.25, 0.3) is 0 Å². The van der Waals surface area contributed by atoms with Crippen LogP contribution in [0.2, 0.25) is 0 Å². The minimum Gasteiger partial charge on any atom is -0.508 e. The van der Waals surface area contributed by atoms with Crippen LogP contribution in [0.3, 0.4) is 0 Å². The van der Waals surface area contributed by atoms with Gasteiger partial charge in [0, 0.05) is 30.2 Å². The number of hydrazone groups is 1. The maximum Gasteiger partial charge on any atom is 0.240 e. The topological polar surface area (TPSA) is 111 Å². The first kappa shape index (κ1) is 20.0. The molecule has 2 aromatic carbocycles. The van der Waals surface area contributed by atoms with Gasteiger partial charge < -0.3 is 15.5 Å². The second kappa shape index (κ2) is 8.84. The van der Waals surface area contributed by atoms with Crippen molar-refractivity contribution in [1.82, 2.24) is 5.43 Å². The lowest BCUT2D eigenvalue weighted by atomic mass is 10.1. The van der Waals surface area contributed by atoms with Crippen molar-refractivity contribution in [2.45, 2.75) is 33.6 Å². The number of benzene rings is 2. The lowest BCUT2D eigenvalue weighted by Gasteiger charge is -2.09. The van der Waals surface area contributed by atoms with Gasteiger partial charge in [-0.15, -0.1) is 0 Å². The molecule has 0 fully saturated rings. The number of nitrogens with one attached hydrogen (secondary N) is 2. The van der Waals surface area contributed by atoms with E-state index in [9.17, 15) is 19.8 Å². The van der Waals surface area contributed by atoms with Gasteiger partial charge in [0.05, 0.1) is 5.71 Å². The van der Waals surface area contributed by atoms with Crippen LogP contribution in [-0.2, 0) is 9.59 Å². The van der Waals surface area contributed by atoms with Gasteiger partial charge in [0.2, 0.25) is 11.8 Å². The molecule has 0 aliphatic carbocycles. The van der Waals surface area contributed by atoms with Crippen molar-refractivity contribution in [3.63, 3.8) is 0 Å². The fourth-order valence-electron chi connectivity index (χ4n) is 2.40. The molecule has 0 aliphatic rings. The number of phenolic OH excluding ortho intramolecular Hbond substituents is 2. The lowest BCUT2D eigenvalue weighted by molar-refractivity contribution is -0.124. The number of carbonyl (C=O) groups excluding carboxylic acids is 2. The molecule has 0 atom stereocenters. The van der Waals surface area contributed by atoms with E-state index in [0.29, 0.717) is 11.3 Å². The number of carbonyl (C=O) groups is 2. The Labute approximate surface area is 157 Å². The number of anilines is 1. The highest BCUT2D eigenvalue weighted by Crippen LogP contribution is 2.23. The molecule has 0 aliphatic heterocycles. The third kappa shape index (κ3) is 5.85. The molecule has 0 radical (unpaired) electrons. The van der Waals surface area contributed by atoms with E-state index >= 15 is 0 Å². The molecule has 4 N–H and O–H groups in total. The van der Waals surface area contributed by atoms with E-state index < -0.39 is 5.91 Å². The zero-order valence-electron chi connectivity index (χ0n) is 15.5. The zero-order valence-corrected chi connectivity index (χ0v) is 15.5. The molecule has 0 heterocycles. The van der Waals surface area contributed by atoms with E-state index in [1.807, 2.05) is 32.0 Å². The number of hydrogen-bond donors (Lipinski definition) is 4. The van der Waals surface area contributed by atoms with Crippen LogP contribution in [0.15, 0.2) is 41.5 Å². The van der Waals surface area contributed by atoms with E-state index in [0.717, 1.165) is 16.8 Å². The summed E-state index contributed by atoms with van der Waals surface area (Å²) in [6, 6.07) is 9.86. The molecule has 0 spiro atoms. The number of phenols is 2. The fraction of sp³-hybridized carbons (Fsp3) is 0.250. The van der Waals surface area contributed by atoms with Crippen LogP contribution in [0.5, 0.6) is 11.5 Å². The maximum atomic E-state index is 12.0. The van der Waals surface area contributed by atoms with E-state index in [4.69, 9.17) is 0 Å². The highest BCUT2D eigenvalue weighted by molar-refractivity contribution is 6.01. The van der Waals surface area contributed by atoms with Crippen molar-refractivity contribution in [2.24, 2.45) is 5.10 Å². The summed E-state index contributed by atoms with van der Waals surface area (Å²) >= 11 is 0. The molecule has 0 aromatic heterocycles. The van der Waals surface area contributed by atoms with Crippen molar-refractivity contribution < 1.29 is 19.8 Å². The molecular formula is C20H23N3O4. The summed E-state index contributed by atoms with van der Waals surface area (Å²) in [5.41, 5.74) is 5.85. The maximum absolute atomic E-state index is 12.0. The van der Waals surface area contributed by atoms with Crippen LogP contribution < -0.4 is 10.7 Å². The first-order chi connectivity index (χ1) is 12.8. The summed E-state index contributed by atoms with van der Waals surface area (Å²) in [4.78, 5) is 23.9. The highest BCUT2D eigenvalue weighted by atomic mass is 16.3. The monoisotopic (exact) mass is 369 g/mol. The quantitative estimate of drug-likeness (QED) is 0.463. The Bertz CT molecular complexity index is 891. The van der Waals surface area contributed by atoms with Gasteiger partial charge in [-0.3, -0.25) is 9.59 Å². The van der Waals surface area contributed by atoms with Gasteiger partial charge >= 0.3 is 0 Å². The summed E-state index contributed by atoms with van der Waals surface area (Å²) in [7, 11) is 0. The molecule has 7 nitrogen and oxygen atoms in total. The molecule has 0 saturated heterocycles. The number of rotatable bonds is 6. The first-order valence-corrected chi connectivity index (χ1v) is 8.49. The minimum atomic E-state index is -0.413. The van der Waals surface area contributed by atoms with Crippen molar-refractivity contribution in [3.8, 4) is 11.5 Å². The number of nitrogens with zero attached hydrogens (tertiary/aromatic N) is 1. The van der Waals surface area contributed by atoms with Crippen LogP contribution in [0, 0.1) is 13.8 Å². The Hall–Kier alpha value is -3.35. The normalized spacial score (nSPS) is 11.1. The number of aromatic hydroxyl groups is 2. The van der Waals surface area contributed by atoms with Gasteiger partial charge in [-0.2, -0.15) is 5.10 Å². The average molecular weight is 369 g/mol. The summed E-state index contributed by atoms with van der Waals surface area (Å²) in [6.45, 7) is 5.45. The van der Waals surface area contributed by atoms with Crippen LogP contribution in [0.1, 0.15) is 36.5 Å². The van der Waals surface area contributed by atoms with Crippen molar-refractivity contribution >= 4 is 23.2 Å². The van der Waals surface area contributed by atoms with Gasteiger partial charge in [0.25, 0.3) is 0 Å². The third-order valence-electron chi connectivity index (χ3n) is 3.97. The summed E-state index contributed by atoms with van der Waals surface area (Å²) < 4.78 is 0. The van der Waals surface area contributed by atoms with Crippen molar-refractivity contribution in [2.75, 3.05) is 5.32 Å². The minimum absolute atomic E-state index is 0.0188. The molecule has 2 amide bonds. The predicted molar refractivity (Wildman–Crippen MR) is 104 cm³/mol. The SMILES string of the molecule is CC(=NNC(=O)CCC(=O)Nc1cc(C)ccc1C)c1ccc(O)cc1O. The van der Waals surface area contributed by atoms with Crippen LogP contribution in [0.4, 0.5) is 5.69 Å². The molecule has 2 rings (SSSR count). The molecular weight excluding hydrogens is 346 g/mol. The van der Waals surface area contributed by atoms with Crippen molar-refractivity contribution in [3.05, 3.63) is 53.1 Å². The smallest absolute Gasteiger partial charge is 0.240 e. The van der Waals surface area contributed by atoms with E-state index in [1.165, 1.54) is 18.2 Å². The predicted octanol–water partition coefficient (Wildman–Crippen LogP) is 2.97. The molecule has 7 heteroatoms. The molecule has 142 valence electrons. The fourth-order valence-corrected chi connectivity index (χ4v) is 2.40. The molecule has 0 unspecified atom stereocenters. The van der Waals surface area contributed by atoms with Crippen molar-refractivity contribution in [1.29, 1.82) is 0 Å². The number of hydrogen-bond acceptors (Lipinski definition) is 5. The van der Waals surface area contributed by atoms with Gasteiger partial charge in [-0.1, -0.05) is 12.1 Å². The molecule has 0 saturated carbocycles. The Morgan fingerprint density at radius 2 is 1.70 bits per heavy atom. The number of aryl methyl sites for hydroxylation is 2. The van der Waals surface area contributed by atoms with E-state index in [2.05, 4.69) is 15.8 Å². The Kier molecular flexibility index (Phi) is 6.54. The van der Waals surface area contributed by atoms with E-state index in [-0.39, 0.29) is 30.2 Å². The van der Waals surface area contributed by atoms with Crippen LogP contribution in [-0.4, -0.2) is 27.7 Å². The lowest BCUT2D eigenvalue weighted by Crippen LogP contribution is -2.22. The van der Waals surface area contributed by atoms with Gasteiger partial charge in [-0.25, -0.2) is 5.43 Å². The van der Waals surface area contributed by atoms with E-state index in [1.54, 1.807) is 6.92 Å². The largest absolute Gasteiger partial charge is 0.508 e. The number of amides is 2. The third-order valence-corrected chi connectivity index (χ3v) is 3.97. The van der Waals surface area contributed by atoms with Gasteiger partial charge in [0.15, 0.2) is 0 Å². The average Bonchev–Trinajstić information content (AvgIpc) is 2.61. The molecule has 2 aromatic rings. The second-order valence-corrected chi connectivity index (χ2v) is 6.30. The first-order valence-electron chi connectivity index (χ1n) is 8.49. The summed E-state index contributed by atoms with van der Waals surface area (Å²) in [5, 5.41) is 25.8. The zero-order chi connectivity index (χ0) is 20.0. The molecule has 0 bridgehead atoms. The Balaban J connectivity index is 1.86. The van der Waals surface area contributed by atoms with Crippen LogP contribution >= 0.6 is 0 Å². The molecule has 27 heavy (non-hydrogen) atoms. The van der Waals surface area contributed by atoms with Gasteiger partial charge in [-0.05, 0) is 50.1 Å². The summed E-state index contributed by atoms with van der Waals surface area (Å²) in [5.74, 6) is -0.874. The Morgan fingerprint density at radius 3 is 2.41 bits per heavy atom. The standard InChI is InChI=1S/C20H23N3O4/c1-12-4-5-13(2)17(10-12)21-19(26)8-9-20(27)23-22-14(3)16-7-6-15(24)11-18(16)25/h4-7,10-11,24-25H,8-9H2,1-3H3,(H,21,26)(H,23,27). The van der Waals surface area contributed by atoms with Gasteiger partial charge in [0.1, 0.15) is 11.5 Å². The highest BCUT2D eigenvalue weighted by Gasteiger charge is 2.10. The summed E-state index contributed by atoms with van der Waals surface area (Å²) in [6.07, 6.45) is 0.00722. The Morgan fingerprint density at radius 1 is 1.00 bits per heavy atom. The second-order valence-electron chi connectivity index (χ2n) is 6.30.